The van der Waals surface area contributed by atoms with Crippen molar-refractivity contribution in [2.75, 3.05) is 11.5 Å². The van der Waals surface area contributed by atoms with Crippen LogP contribution in [0.15, 0.2) is 30.3 Å². The highest BCUT2D eigenvalue weighted by molar-refractivity contribution is 7.99. The predicted molar refractivity (Wildman–Crippen MR) is 92.4 cm³/mol. The third kappa shape index (κ3) is 5.04. The Morgan fingerprint density at radius 3 is 2.38 bits per heavy atom. The summed E-state index contributed by atoms with van der Waals surface area (Å²) < 4.78 is 0. The van der Waals surface area contributed by atoms with Gasteiger partial charge in [-0.3, -0.25) is 10.1 Å². The molecule has 21 heavy (non-hydrogen) atoms. The zero-order valence-corrected chi connectivity index (χ0v) is 14.4. The number of hydrogen-bond donors (Lipinski definition) is 2. The smallest absolute Gasteiger partial charge is 0.243 e. The van der Waals surface area contributed by atoms with E-state index in [1.165, 1.54) is 0 Å². The topological polar surface area (TPSA) is 55.1 Å². The molecule has 118 valence electrons. The summed E-state index contributed by atoms with van der Waals surface area (Å²) in [5, 5.41) is 3.41. The largest absolute Gasteiger partial charge is 0.368 e. The molecule has 3 nitrogen and oxygen atoms in total. The van der Waals surface area contributed by atoms with Gasteiger partial charge in [-0.25, -0.2) is 0 Å². The van der Waals surface area contributed by atoms with E-state index in [1.807, 2.05) is 44.2 Å². The normalized spacial score (nSPS) is 15.7. The Morgan fingerprint density at radius 2 is 1.90 bits per heavy atom. The summed E-state index contributed by atoms with van der Waals surface area (Å²) in [5.41, 5.74) is 5.94. The second-order valence-electron chi connectivity index (χ2n) is 5.96. The number of hydrogen-bond acceptors (Lipinski definition) is 3. The molecule has 0 spiro atoms. The van der Waals surface area contributed by atoms with Crippen LogP contribution in [0.2, 0.25) is 0 Å². The van der Waals surface area contributed by atoms with Crippen LogP contribution in [-0.2, 0) is 10.3 Å². The summed E-state index contributed by atoms with van der Waals surface area (Å²) in [5.74, 6) is 2.04. The third-order valence-corrected chi connectivity index (χ3v) is 5.08. The van der Waals surface area contributed by atoms with Crippen LogP contribution >= 0.6 is 11.8 Å². The molecule has 0 saturated carbocycles. The van der Waals surface area contributed by atoms with Crippen molar-refractivity contribution in [1.29, 1.82) is 0 Å². The molecule has 4 heteroatoms. The van der Waals surface area contributed by atoms with Crippen molar-refractivity contribution in [3.63, 3.8) is 0 Å². The maximum atomic E-state index is 12.2. The summed E-state index contributed by atoms with van der Waals surface area (Å²) >= 11 is 1.79. The van der Waals surface area contributed by atoms with E-state index in [0.717, 1.165) is 17.7 Å². The lowest BCUT2D eigenvalue weighted by atomic mass is 9.90. The van der Waals surface area contributed by atoms with Gasteiger partial charge in [0.05, 0.1) is 0 Å². The van der Waals surface area contributed by atoms with Crippen LogP contribution in [0.1, 0.15) is 39.7 Å². The van der Waals surface area contributed by atoms with Gasteiger partial charge in [-0.15, -0.1) is 0 Å². The lowest BCUT2D eigenvalue weighted by molar-refractivity contribution is -0.124. The Labute approximate surface area is 133 Å². The molecule has 1 amide bonds. The van der Waals surface area contributed by atoms with Crippen molar-refractivity contribution >= 4 is 17.7 Å². The molecule has 0 saturated heterocycles. The van der Waals surface area contributed by atoms with E-state index in [1.54, 1.807) is 11.8 Å². The standard InChI is InChI=1S/C17H28N2OS/c1-5-14(4)11-21-12-17(16(18)20,19-13(2)3)15-9-7-6-8-10-15/h6-10,13-14,19H,5,11-12H2,1-4H3,(H2,18,20). The molecule has 0 aliphatic rings. The van der Waals surface area contributed by atoms with Crippen molar-refractivity contribution in [3.8, 4) is 0 Å². The van der Waals surface area contributed by atoms with E-state index >= 15 is 0 Å². The number of carbonyl (C=O) groups is 1. The lowest BCUT2D eigenvalue weighted by Crippen LogP contribution is -2.57. The first-order valence-electron chi connectivity index (χ1n) is 7.63. The van der Waals surface area contributed by atoms with E-state index < -0.39 is 5.54 Å². The first-order valence-corrected chi connectivity index (χ1v) is 8.78. The average molecular weight is 308 g/mol. The number of nitrogens with two attached hydrogens (primary N) is 1. The quantitative estimate of drug-likeness (QED) is 0.737. The summed E-state index contributed by atoms with van der Waals surface area (Å²) in [7, 11) is 0. The highest BCUT2D eigenvalue weighted by Crippen LogP contribution is 2.28. The predicted octanol–water partition coefficient (Wildman–Crippen LogP) is 3.14. The molecule has 0 fully saturated rings. The Morgan fingerprint density at radius 1 is 1.29 bits per heavy atom. The van der Waals surface area contributed by atoms with Gasteiger partial charge in [-0.1, -0.05) is 50.6 Å². The monoisotopic (exact) mass is 308 g/mol. The van der Waals surface area contributed by atoms with Crippen molar-refractivity contribution in [1.82, 2.24) is 5.32 Å². The fraction of sp³-hybridized carbons (Fsp3) is 0.588. The van der Waals surface area contributed by atoms with Gasteiger partial charge in [0.15, 0.2) is 0 Å². The highest BCUT2D eigenvalue weighted by Gasteiger charge is 2.38. The van der Waals surface area contributed by atoms with Gasteiger partial charge in [0, 0.05) is 11.8 Å². The van der Waals surface area contributed by atoms with Gasteiger partial charge in [-0.2, -0.15) is 11.8 Å². The van der Waals surface area contributed by atoms with Crippen LogP contribution < -0.4 is 11.1 Å². The lowest BCUT2D eigenvalue weighted by Gasteiger charge is -2.34. The number of rotatable bonds is 9. The molecule has 2 unspecified atom stereocenters. The number of amides is 1. The summed E-state index contributed by atoms with van der Waals surface area (Å²) in [6, 6.07) is 10.00. The van der Waals surface area contributed by atoms with Gasteiger partial charge in [0.25, 0.3) is 0 Å². The minimum Gasteiger partial charge on any atom is -0.368 e. The highest BCUT2D eigenvalue weighted by atomic mass is 32.2. The van der Waals surface area contributed by atoms with E-state index in [2.05, 4.69) is 19.2 Å². The molecule has 0 heterocycles. The molecule has 1 aromatic rings. The van der Waals surface area contributed by atoms with Gasteiger partial charge in [-0.05, 0) is 31.1 Å². The second kappa shape index (κ2) is 8.44. The Balaban J connectivity index is 2.99. The summed E-state index contributed by atoms with van der Waals surface area (Å²) in [6.07, 6.45) is 1.15. The molecule has 1 rings (SSSR count). The van der Waals surface area contributed by atoms with Crippen LogP contribution in [0.25, 0.3) is 0 Å². The molecular weight excluding hydrogens is 280 g/mol. The van der Waals surface area contributed by atoms with E-state index in [4.69, 9.17) is 5.73 Å². The fourth-order valence-corrected chi connectivity index (χ4v) is 3.69. The van der Waals surface area contributed by atoms with Crippen molar-refractivity contribution in [2.24, 2.45) is 11.7 Å². The maximum Gasteiger partial charge on any atom is 0.243 e. The minimum absolute atomic E-state index is 0.182. The molecule has 0 radical (unpaired) electrons. The van der Waals surface area contributed by atoms with Crippen LogP contribution in [0, 0.1) is 5.92 Å². The number of nitrogens with one attached hydrogen (secondary N) is 1. The van der Waals surface area contributed by atoms with Crippen LogP contribution in [0.4, 0.5) is 0 Å². The zero-order chi connectivity index (χ0) is 15.9. The SMILES string of the molecule is CCC(C)CSCC(NC(C)C)(C(N)=O)c1ccccc1. The Hall–Kier alpha value is -1.00. The number of benzene rings is 1. The van der Waals surface area contributed by atoms with Crippen LogP contribution in [0.3, 0.4) is 0 Å². The van der Waals surface area contributed by atoms with E-state index in [9.17, 15) is 4.79 Å². The van der Waals surface area contributed by atoms with Crippen molar-refractivity contribution in [3.05, 3.63) is 35.9 Å². The van der Waals surface area contributed by atoms with Gasteiger partial charge in [0.2, 0.25) is 5.91 Å². The molecule has 1 aromatic carbocycles. The second-order valence-corrected chi connectivity index (χ2v) is 6.99. The fourth-order valence-electron chi connectivity index (χ4n) is 2.24. The Kier molecular flexibility index (Phi) is 7.26. The molecule has 0 aliphatic carbocycles. The number of primary amides is 1. The molecule has 0 bridgehead atoms. The zero-order valence-electron chi connectivity index (χ0n) is 13.6. The van der Waals surface area contributed by atoms with Crippen molar-refractivity contribution in [2.45, 2.75) is 45.7 Å². The van der Waals surface area contributed by atoms with E-state index in [0.29, 0.717) is 11.7 Å². The minimum atomic E-state index is -0.798. The third-order valence-electron chi connectivity index (χ3n) is 3.64. The summed E-state index contributed by atoms with van der Waals surface area (Å²) in [6.45, 7) is 8.51. The average Bonchev–Trinajstić information content (AvgIpc) is 2.46. The van der Waals surface area contributed by atoms with E-state index in [-0.39, 0.29) is 11.9 Å². The molecule has 0 aliphatic heterocycles. The first kappa shape index (κ1) is 18.1. The number of carbonyl (C=O) groups excluding carboxylic acids is 1. The Bertz CT molecular complexity index is 436. The number of thioether (sulfide) groups is 1. The van der Waals surface area contributed by atoms with Gasteiger partial charge < -0.3 is 5.73 Å². The van der Waals surface area contributed by atoms with Gasteiger partial charge >= 0.3 is 0 Å². The molecule has 0 aromatic heterocycles. The summed E-state index contributed by atoms with van der Waals surface area (Å²) in [4.78, 5) is 12.2. The van der Waals surface area contributed by atoms with Crippen LogP contribution in [0.5, 0.6) is 0 Å². The van der Waals surface area contributed by atoms with Crippen LogP contribution in [-0.4, -0.2) is 23.5 Å². The maximum absolute atomic E-state index is 12.2. The first-order chi connectivity index (χ1) is 9.92. The molecule has 3 N–H and O–H groups in total. The van der Waals surface area contributed by atoms with Gasteiger partial charge in [0.1, 0.15) is 5.54 Å². The molecule has 2 atom stereocenters. The molecular formula is C17H28N2OS. The van der Waals surface area contributed by atoms with Crippen molar-refractivity contribution < 1.29 is 4.79 Å².